The number of nitrogens with one attached hydrogen (secondary N) is 2. The fourth-order valence-corrected chi connectivity index (χ4v) is 2.05. The number of halogens is 2. The van der Waals surface area contributed by atoms with Gasteiger partial charge in [-0.15, -0.1) is 0 Å². The molecule has 25 heavy (non-hydrogen) atoms. The molecule has 1 aromatic carbocycles. The lowest BCUT2D eigenvalue weighted by Crippen LogP contribution is -2.32. The first kappa shape index (κ1) is 18.3. The first-order chi connectivity index (χ1) is 11.9. The Morgan fingerprint density at radius 2 is 2.00 bits per heavy atom. The summed E-state index contributed by atoms with van der Waals surface area (Å²) >= 11 is 0. The van der Waals surface area contributed by atoms with E-state index in [1.165, 1.54) is 0 Å². The number of carbonyl (C=O) groups is 4. The SMILES string of the molecule is O=C(COC(=O)CCCN1C(=O)CNC1=O)Nc1ccc(F)c(F)c1. The molecular formula is C15H15F2N3O5. The van der Waals surface area contributed by atoms with Crippen molar-refractivity contribution in [1.29, 1.82) is 0 Å². The molecule has 2 N–H and O–H groups in total. The van der Waals surface area contributed by atoms with Crippen LogP contribution in [0.5, 0.6) is 0 Å². The molecule has 0 radical (unpaired) electrons. The first-order valence-corrected chi connectivity index (χ1v) is 7.35. The minimum Gasteiger partial charge on any atom is -0.456 e. The van der Waals surface area contributed by atoms with E-state index in [-0.39, 0.29) is 37.5 Å². The summed E-state index contributed by atoms with van der Waals surface area (Å²) in [6.45, 7) is -0.588. The molecule has 0 atom stereocenters. The average Bonchev–Trinajstić information content (AvgIpc) is 2.88. The second kappa shape index (κ2) is 8.18. The Hall–Kier alpha value is -3.04. The molecule has 1 saturated heterocycles. The van der Waals surface area contributed by atoms with Crippen molar-refractivity contribution >= 4 is 29.5 Å². The third kappa shape index (κ3) is 5.23. The van der Waals surface area contributed by atoms with Crippen LogP contribution in [0.25, 0.3) is 0 Å². The quantitative estimate of drug-likeness (QED) is 0.555. The molecule has 1 aromatic rings. The van der Waals surface area contributed by atoms with Crippen molar-refractivity contribution in [3.05, 3.63) is 29.8 Å². The van der Waals surface area contributed by atoms with Crippen LogP contribution in [0.15, 0.2) is 18.2 Å². The highest BCUT2D eigenvalue weighted by Crippen LogP contribution is 2.13. The van der Waals surface area contributed by atoms with E-state index in [0.717, 1.165) is 23.1 Å². The minimum atomic E-state index is -1.12. The van der Waals surface area contributed by atoms with Crippen LogP contribution < -0.4 is 10.6 Å². The predicted molar refractivity (Wildman–Crippen MR) is 80.3 cm³/mol. The Labute approximate surface area is 141 Å². The number of rotatable bonds is 7. The van der Waals surface area contributed by atoms with Gasteiger partial charge in [0.2, 0.25) is 5.91 Å². The minimum absolute atomic E-state index is 0.0264. The molecule has 10 heteroatoms. The number of nitrogens with zero attached hydrogens (tertiary/aromatic N) is 1. The zero-order chi connectivity index (χ0) is 18.4. The summed E-state index contributed by atoms with van der Waals surface area (Å²) < 4.78 is 30.5. The maximum Gasteiger partial charge on any atom is 0.324 e. The van der Waals surface area contributed by atoms with Crippen LogP contribution in [0.2, 0.25) is 0 Å². The van der Waals surface area contributed by atoms with Crippen LogP contribution in [0.4, 0.5) is 19.3 Å². The molecule has 0 aliphatic carbocycles. The fraction of sp³-hybridized carbons (Fsp3) is 0.333. The van der Waals surface area contributed by atoms with Gasteiger partial charge in [-0.1, -0.05) is 0 Å². The third-order valence-electron chi connectivity index (χ3n) is 3.27. The van der Waals surface area contributed by atoms with Crippen LogP contribution >= 0.6 is 0 Å². The Bertz CT molecular complexity index is 694. The van der Waals surface area contributed by atoms with Gasteiger partial charge >= 0.3 is 12.0 Å². The highest BCUT2D eigenvalue weighted by molar-refractivity contribution is 6.01. The molecule has 0 saturated carbocycles. The van der Waals surface area contributed by atoms with Crippen molar-refractivity contribution in [3.8, 4) is 0 Å². The average molecular weight is 355 g/mol. The molecule has 0 bridgehead atoms. The molecule has 134 valence electrons. The zero-order valence-electron chi connectivity index (χ0n) is 13.0. The van der Waals surface area contributed by atoms with Gasteiger partial charge in [0.1, 0.15) is 0 Å². The van der Waals surface area contributed by atoms with E-state index in [2.05, 4.69) is 10.6 Å². The summed E-state index contributed by atoms with van der Waals surface area (Å²) in [7, 11) is 0. The van der Waals surface area contributed by atoms with Crippen molar-refractivity contribution in [2.75, 3.05) is 25.0 Å². The molecule has 1 aliphatic heterocycles. The number of imide groups is 1. The highest BCUT2D eigenvalue weighted by Gasteiger charge is 2.27. The second-order valence-electron chi connectivity index (χ2n) is 5.15. The molecular weight excluding hydrogens is 340 g/mol. The number of hydrogen-bond acceptors (Lipinski definition) is 5. The molecule has 4 amide bonds. The Kier molecular flexibility index (Phi) is 5.98. The first-order valence-electron chi connectivity index (χ1n) is 7.35. The van der Waals surface area contributed by atoms with Crippen LogP contribution in [0.1, 0.15) is 12.8 Å². The topological polar surface area (TPSA) is 105 Å². The summed E-state index contributed by atoms with van der Waals surface area (Å²) in [5.74, 6) is -3.94. The van der Waals surface area contributed by atoms with Gasteiger partial charge in [-0.2, -0.15) is 0 Å². The third-order valence-corrected chi connectivity index (χ3v) is 3.27. The Balaban J connectivity index is 1.67. The summed E-state index contributed by atoms with van der Waals surface area (Å²) in [6.07, 6.45) is 0.109. The summed E-state index contributed by atoms with van der Waals surface area (Å²) in [4.78, 5) is 46.7. The lowest BCUT2D eigenvalue weighted by atomic mass is 10.3. The van der Waals surface area contributed by atoms with E-state index in [0.29, 0.717) is 0 Å². The van der Waals surface area contributed by atoms with Crippen molar-refractivity contribution in [2.24, 2.45) is 0 Å². The molecule has 1 heterocycles. The van der Waals surface area contributed by atoms with E-state index in [1.54, 1.807) is 0 Å². The summed E-state index contributed by atoms with van der Waals surface area (Å²) in [5, 5.41) is 4.60. The number of esters is 1. The van der Waals surface area contributed by atoms with Crippen molar-refractivity contribution in [1.82, 2.24) is 10.2 Å². The van der Waals surface area contributed by atoms with Gasteiger partial charge in [0.05, 0.1) is 6.54 Å². The fourth-order valence-electron chi connectivity index (χ4n) is 2.05. The molecule has 0 unspecified atom stereocenters. The number of anilines is 1. The van der Waals surface area contributed by atoms with Gasteiger partial charge < -0.3 is 15.4 Å². The van der Waals surface area contributed by atoms with E-state index in [1.807, 2.05) is 0 Å². The monoisotopic (exact) mass is 355 g/mol. The number of benzene rings is 1. The molecule has 1 fully saturated rings. The Morgan fingerprint density at radius 1 is 1.24 bits per heavy atom. The van der Waals surface area contributed by atoms with Gasteiger partial charge in [-0.3, -0.25) is 19.3 Å². The van der Waals surface area contributed by atoms with Crippen molar-refractivity contribution < 1.29 is 32.7 Å². The van der Waals surface area contributed by atoms with E-state index >= 15 is 0 Å². The van der Waals surface area contributed by atoms with Gasteiger partial charge in [0.15, 0.2) is 18.2 Å². The van der Waals surface area contributed by atoms with Gasteiger partial charge in [0, 0.05) is 24.7 Å². The number of hydrogen-bond donors (Lipinski definition) is 2. The maximum absolute atomic E-state index is 13.0. The largest absolute Gasteiger partial charge is 0.456 e. The smallest absolute Gasteiger partial charge is 0.324 e. The highest BCUT2D eigenvalue weighted by atomic mass is 19.2. The maximum atomic E-state index is 13.0. The van der Waals surface area contributed by atoms with Gasteiger partial charge in [-0.25, -0.2) is 13.6 Å². The molecule has 0 aromatic heterocycles. The van der Waals surface area contributed by atoms with Crippen LogP contribution in [0, 0.1) is 11.6 Å². The number of carbonyl (C=O) groups excluding carboxylic acids is 4. The van der Waals surface area contributed by atoms with Gasteiger partial charge in [-0.05, 0) is 18.6 Å². The normalized spacial score (nSPS) is 13.6. The van der Waals surface area contributed by atoms with Crippen LogP contribution in [0.3, 0.4) is 0 Å². The molecule has 0 spiro atoms. The van der Waals surface area contributed by atoms with Gasteiger partial charge in [0.25, 0.3) is 5.91 Å². The van der Waals surface area contributed by atoms with E-state index in [9.17, 15) is 28.0 Å². The van der Waals surface area contributed by atoms with E-state index in [4.69, 9.17) is 4.74 Å². The lowest BCUT2D eigenvalue weighted by Gasteiger charge is -2.11. The zero-order valence-corrected chi connectivity index (χ0v) is 13.0. The summed E-state index contributed by atoms with van der Waals surface area (Å²) in [6, 6.07) is 2.31. The van der Waals surface area contributed by atoms with E-state index < -0.39 is 36.1 Å². The lowest BCUT2D eigenvalue weighted by molar-refractivity contribution is -0.147. The van der Waals surface area contributed by atoms with Crippen molar-refractivity contribution in [3.63, 3.8) is 0 Å². The van der Waals surface area contributed by atoms with Crippen LogP contribution in [-0.4, -0.2) is 48.4 Å². The molecule has 1 aliphatic rings. The number of amides is 4. The molecule has 8 nitrogen and oxygen atoms in total. The summed E-state index contributed by atoms with van der Waals surface area (Å²) in [5.41, 5.74) is 0.0264. The number of urea groups is 1. The van der Waals surface area contributed by atoms with Crippen LogP contribution in [-0.2, 0) is 19.1 Å². The second-order valence-corrected chi connectivity index (χ2v) is 5.15. The Morgan fingerprint density at radius 3 is 2.64 bits per heavy atom. The molecule has 2 rings (SSSR count). The van der Waals surface area contributed by atoms with Crippen molar-refractivity contribution in [2.45, 2.75) is 12.8 Å². The standard InChI is InChI=1S/C15H15F2N3O5/c16-10-4-3-9(6-11(10)17)19-12(21)8-25-14(23)2-1-5-20-13(22)7-18-15(20)24/h3-4,6H,1-2,5,7-8H2,(H,18,24)(H,19,21). The number of ether oxygens (including phenoxy) is 1. The predicted octanol–water partition coefficient (Wildman–Crippen LogP) is 0.778.